The third-order valence-electron chi connectivity index (χ3n) is 2.75. The number of aromatic nitrogens is 2. The molecule has 2 heterocycles. The second-order valence-corrected chi connectivity index (χ2v) is 5.04. The summed E-state index contributed by atoms with van der Waals surface area (Å²) in [5.74, 6) is 7.01. The molecule has 0 saturated heterocycles. The maximum atomic E-state index is 5.68. The van der Waals surface area contributed by atoms with Gasteiger partial charge in [0, 0.05) is 0 Å². The van der Waals surface area contributed by atoms with E-state index in [1.54, 1.807) is 0 Å². The summed E-state index contributed by atoms with van der Waals surface area (Å²) in [6, 6.07) is 11.5. The molecule has 6 nitrogen and oxygen atoms in total. The van der Waals surface area contributed by atoms with Gasteiger partial charge >= 0.3 is 0 Å². The summed E-state index contributed by atoms with van der Waals surface area (Å²) in [5, 5.41) is 2.81. The number of hydrogen-bond donors (Lipinski definition) is 2. The van der Waals surface area contributed by atoms with Gasteiger partial charge in [0.05, 0.1) is 5.39 Å². The van der Waals surface area contributed by atoms with Crippen molar-refractivity contribution in [3.63, 3.8) is 0 Å². The van der Waals surface area contributed by atoms with Crippen molar-refractivity contribution in [2.75, 3.05) is 18.6 Å². The fraction of sp³-hybridized carbons (Fsp3) is 0.143. The fourth-order valence-corrected chi connectivity index (χ4v) is 2.57. The van der Waals surface area contributed by atoms with Crippen molar-refractivity contribution in [3.8, 4) is 11.6 Å². The Labute approximate surface area is 125 Å². The Morgan fingerprint density at radius 3 is 2.67 bits per heavy atom. The summed E-state index contributed by atoms with van der Waals surface area (Å²) in [7, 11) is 0. The van der Waals surface area contributed by atoms with Crippen molar-refractivity contribution < 1.29 is 9.47 Å². The molecule has 0 aliphatic rings. The van der Waals surface area contributed by atoms with Crippen LogP contribution in [0, 0.1) is 0 Å². The number of thiophene rings is 1. The molecular formula is C14H14N4O2S. The molecule has 21 heavy (non-hydrogen) atoms. The first-order valence-electron chi connectivity index (χ1n) is 6.39. The Balaban J connectivity index is 1.63. The number of nitrogens with one attached hydrogen (secondary N) is 1. The molecule has 7 heteroatoms. The highest BCUT2D eigenvalue weighted by Gasteiger charge is 2.09. The number of nitrogen functional groups attached to an aromatic ring is 1. The van der Waals surface area contributed by atoms with Gasteiger partial charge in [0.25, 0.3) is 0 Å². The summed E-state index contributed by atoms with van der Waals surface area (Å²) in [5.41, 5.74) is 2.44. The van der Waals surface area contributed by atoms with Crippen LogP contribution >= 0.6 is 11.3 Å². The summed E-state index contributed by atoms with van der Waals surface area (Å²) < 4.78 is 11.2. The number of benzene rings is 1. The SMILES string of the molecule is NNc1nc(OCCOc2ccccc2)c2ccsc2n1. The fourth-order valence-electron chi connectivity index (χ4n) is 1.82. The van der Waals surface area contributed by atoms with Crippen LogP contribution in [-0.2, 0) is 0 Å². The summed E-state index contributed by atoms with van der Waals surface area (Å²) in [6.45, 7) is 0.825. The molecular weight excluding hydrogens is 288 g/mol. The van der Waals surface area contributed by atoms with Crippen LogP contribution in [0.5, 0.6) is 11.6 Å². The van der Waals surface area contributed by atoms with Crippen LogP contribution in [0.2, 0.25) is 0 Å². The van der Waals surface area contributed by atoms with E-state index < -0.39 is 0 Å². The van der Waals surface area contributed by atoms with E-state index >= 15 is 0 Å². The molecule has 1 aromatic carbocycles. The normalized spacial score (nSPS) is 10.5. The van der Waals surface area contributed by atoms with Crippen molar-refractivity contribution in [1.82, 2.24) is 9.97 Å². The lowest BCUT2D eigenvalue weighted by molar-refractivity contribution is 0.214. The minimum Gasteiger partial charge on any atom is -0.490 e. The van der Waals surface area contributed by atoms with E-state index in [1.165, 1.54) is 11.3 Å². The van der Waals surface area contributed by atoms with Crippen LogP contribution in [0.25, 0.3) is 10.2 Å². The van der Waals surface area contributed by atoms with Gasteiger partial charge < -0.3 is 9.47 Å². The summed E-state index contributed by atoms with van der Waals surface area (Å²) in [6.07, 6.45) is 0. The van der Waals surface area contributed by atoms with Crippen LogP contribution in [0.4, 0.5) is 5.95 Å². The Hall–Kier alpha value is -2.38. The van der Waals surface area contributed by atoms with Gasteiger partial charge in [0.15, 0.2) is 0 Å². The molecule has 0 amide bonds. The Bertz CT molecular complexity index is 717. The zero-order valence-corrected chi connectivity index (χ0v) is 12.0. The van der Waals surface area contributed by atoms with Crippen molar-refractivity contribution in [2.45, 2.75) is 0 Å². The zero-order chi connectivity index (χ0) is 14.5. The predicted molar refractivity (Wildman–Crippen MR) is 82.7 cm³/mol. The van der Waals surface area contributed by atoms with Crippen molar-refractivity contribution in [3.05, 3.63) is 41.8 Å². The second kappa shape index (κ2) is 6.38. The van der Waals surface area contributed by atoms with E-state index in [-0.39, 0.29) is 0 Å². The highest BCUT2D eigenvalue weighted by molar-refractivity contribution is 7.16. The van der Waals surface area contributed by atoms with Crippen LogP contribution in [0.3, 0.4) is 0 Å². The number of ether oxygens (including phenoxy) is 2. The number of anilines is 1. The average molecular weight is 302 g/mol. The average Bonchev–Trinajstić information content (AvgIpc) is 3.00. The van der Waals surface area contributed by atoms with Crippen LogP contribution in [0.1, 0.15) is 0 Å². The summed E-state index contributed by atoms with van der Waals surface area (Å²) >= 11 is 1.51. The molecule has 108 valence electrons. The standard InChI is InChI=1S/C14H14N4O2S/c15-18-14-16-12(11-6-9-21-13(11)17-14)20-8-7-19-10-4-2-1-3-5-10/h1-6,9H,7-8,15H2,(H,16,17,18). The lowest BCUT2D eigenvalue weighted by Crippen LogP contribution is -2.13. The number of hydrazine groups is 1. The number of nitrogens with zero attached hydrogens (tertiary/aromatic N) is 2. The molecule has 0 atom stereocenters. The topological polar surface area (TPSA) is 82.3 Å². The Morgan fingerprint density at radius 2 is 1.86 bits per heavy atom. The molecule has 0 unspecified atom stereocenters. The number of para-hydroxylation sites is 1. The molecule has 0 fully saturated rings. The molecule has 0 saturated carbocycles. The number of nitrogens with two attached hydrogens (primary N) is 1. The lowest BCUT2D eigenvalue weighted by Gasteiger charge is -2.09. The third kappa shape index (κ3) is 3.21. The third-order valence-corrected chi connectivity index (χ3v) is 3.56. The first-order valence-corrected chi connectivity index (χ1v) is 7.27. The maximum Gasteiger partial charge on any atom is 0.241 e. The molecule has 3 N–H and O–H groups in total. The number of rotatable bonds is 6. The largest absolute Gasteiger partial charge is 0.490 e. The second-order valence-electron chi connectivity index (χ2n) is 4.15. The van der Waals surface area contributed by atoms with Gasteiger partial charge in [-0.2, -0.15) is 4.98 Å². The highest BCUT2D eigenvalue weighted by atomic mass is 32.1. The Kier molecular flexibility index (Phi) is 4.13. The van der Waals surface area contributed by atoms with Gasteiger partial charge in [-0.3, -0.25) is 5.43 Å². The van der Waals surface area contributed by atoms with Gasteiger partial charge in [-0.15, -0.1) is 11.3 Å². The van der Waals surface area contributed by atoms with Gasteiger partial charge in [-0.05, 0) is 23.6 Å². The van der Waals surface area contributed by atoms with E-state index in [2.05, 4.69) is 15.4 Å². The van der Waals surface area contributed by atoms with E-state index in [0.29, 0.717) is 25.0 Å². The van der Waals surface area contributed by atoms with Crippen LogP contribution in [0.15, 0.2) is 41.8 Å². The number of fused-ring (bicyclic) bond motifs is 1. The van der Waals surface area contributed by atoms with Gasteiger partial charge in [0.1, 0.15) is 23.8 Å². The molecule has 0 aliphatic carbocycles. The molecule has 2 aromatic heterocycles. The minimum atomic E-state index is 0.337. The van der Waals surface area contributed by atoms with Gasteiger partial charge in [-0.25, -0.2) is 10.8 Å². The monoisotopic (exact) mass is 302 g/mol. The van der Waals surface area contributed by atoms with Crippen molar-refractivity contribution in [1.29, 1.82) is 0 Å². The van der Waals surface area contributed by atoms with Crippen molar-refractivity contribution in [2.24, 2.45) is 5.84 Å². The zero-order valence-electron chi connectivity index (χ0n) is 11.2. The smallest absolute Gasteiger partial charge is 0.241 e. The first-order chi connectivity index (χ1) is 10.4. The summed E-state index contributed by atoms with van der Waals surface area (Å²) in [4.78, 5) is 9.30. The molecule has 3 aromatic rings. The number of hydrogen-bond acceptors (Lipinski definition) is 7. The van der Waals surface area contributed by atoms with Crippen LogP contribution < -0.4 is 20.7 Å². The molecule has 0 radical (unpaired) electrons. The highest BCUT2D eigenvalue weighted by Crippen LogP contribution is 2.27. The van der Waals surface area contributed by atoms with E-state index in [9.17, 15) is 0 Å². The van der Waals surface area contributed by atoms with E-state index in [1.807, 2.05) is 41.8 Å². The lowest BCUT2D eigenvalue weighted by atomic mass is 10.3. The molecule has 0 aliphatic heterocycles. The molecule has 3 rings (SSSR count). The van der Waals surface area contributed by atoms with Crippen molar-refractivity contribution >= 4 is 27.5 Å². The van der Waals surface area contributed by atoms with Gasteiger partial charge in [-0.1, -0.05) is 18.2 Å². The molecule has 0 spiro atoms. The van der Waals surface area contributed by atoms with Gasteiger partial charge in [0.2, 0.25) is 11.8 Å². The predicted octanol–water partition coefficient (Wildman–Crippen LogP) is 2.43. The maximum absolute atomic E-state index is 5.68. The minimum absolute atomic E-state index is 0.337. The van der Waals surface area contributed by atoms with E-state index in [4.69, 9.17) is 15.3 Å². The quantitative estimate of drug-likeness (QED) is 0.413. The van der Waals surface area contributed by atoms with Crippen LogP contribution in [-0.4, -0.2) is 23.2 Å². The van der Waals surface area contributed by atoms with E-state index in [0.717, 1.165) is 16.0 Å². The molecule has 0 bridgehead atoms. The first kappa shape index (κ1) is 13.6. The Morgan fingerprint density at radius 1 is 1.05 bits per heavy atom.